The van der Waals surface area contributed by atoms with Crippen LogP contribution in [0.3, 0.4) is 0 Å². The van der Waals surface area contributed by atoms with Gasteiger partial charge in [0, 0.05) is 19.2 Å². The molecule has 0 radical (unpaired) electrons. The number of aromatic nitrogens is 4. The predicted octanol–water partition coefficient (Wildman–Crippen LogP) is 1.12. The van der Waals surface area contributed by atoms with Gasteiger partial charge in [-0.15, -0.1) is 5.10 Å². The molecular formula is C12H15N5OS. The third-order valence-corrected chi connectivity index (χ3v) is 3.64. The van der Waals surface area contributed by atoms with Crippen molar-refractivity contribution in [2.75, 3.05) is 11.6 Å². The fourth-order valence-electron chi connectivity index (χ4n) is 1.61. The number of tetrazole rings is 1. The van der Waals surface area contributed by atoms with Gasteiger partial charge in [-0.25, -0.2) is 4.68 Å². The summed E-state index contributed by atoms with van der Waals surface area (Å²) in [6.45, 7) is 0. The van der Waals surface area contributed by atoms with E-state index in [4.69, 9.17) is 0 Å². The molecule has 1 N–H and O–H groups in total. The van der Waals surface area contributed by atoms with Crippen LogP contribution in [0.4, 0.5) is 5.69 Å². The van der Waals surface area contributed by atoms with Crippen molar-refractivity contribution in [1.29, 1.82) is 0 Å². The Labute approximate surface area is 115 Å². The third-order valence-electron chi connectivity index (χ3n) is 2.69. The minimum Gasteiger partial charge on any atom is -0.325 e. The summed E-state index contributed by atoms with van der Waals surface area (Å²) in [4.78, 5) is 12.2. The highest BCUT2D eigenvalue weighted by Gasteiger charge is 2.20. The second-order valence-electron chi connectivity index (χ2n) is 4.00. The molecule has 0 fully saturated rings. The average Bonchev–Trinajstić information content (AvgIpc) is 2.82. The van der Waals surface area contributed by atoms with Crippen LogP contribution in [0.15, 0.2) is 30.3 Å². The van der Waals surface area contributed by atoms with Crippen LogP contribution in [0.25, 0.3) is 0 Å². The van der Waals surface area contributed by atoms with Crippen LogP contribution in [0.5, 0.6) is 0 Å². The molecule has 0 saturated heterocycles. The lowest BCUT2D eigenvalue weighted by molar-refractivity contribution is -0.115. The molecular weight excluding hydrogens is 262 g/mol. The molecule has 0 saturated carbocycles. The van der Waals surface area contributed by atoms with Gasteiger partial charge in [0.05, 0.1) is 5.25 Å². The Morgan fingerprint density at radius 3 is 2.74 bits per heavy atom. The van der Waals surface area contributed by atoms with Crippen molar-refractivity contribution >= 4 is 23.4 Å². The van der Waals surface area contributed by atoms with E-state index in [2.05, 4.69) is 20.8 Å². The van der Waals surface area contributed by atoms with E-state index in [-0.39, 0.29) is 11.2 Å². The van der Waals surface area contributed by atoms with Crippen molar-refractivity contribution < 1.29 is 4.79 Å². The molecule has 1 amide bonds. The van der Waals surface area contributed by atoms with Crippen LogP contribution >= 0.6 is 11.8 Å². The maximum atomic E-state index is 12.2. The zero-order valence-electron chi connectivity index (χ0n) is 10.8. The first kappa shape index (κ1) is 13.5. The van der Waals surface area contributed by atoms with Gasteiger partial charge in [0.1, 0.15) is 0 Å². The zero-order chi connectivity index (χ0) is 13.7. The Morgan fingerprint density at radius 1 is 1.42 bits per heavy atom. The lowest BCUT2D eigenvalue weighted by atomic mass is 10.2. The smallest absolute Gasteiger partial charge is 0.237 e. The Morgan fingerprint density at radius 2 is 2.16 bits per heavy atom. The summed E-state index contributed by atoms with van der Waals surface area (Å²) in [5.74, 6) is 0.657. The second kappa shape index (κ2) is 6.33. The fraction of sp³-hybridized carbons (Fsp3) is 0.333. The van der Waals surface area contributed by atoms with E-state index < -0.39 is 0 Å². The van der Waals surface area contributed by atoms with Crippen molar-refractivity contribution in [2.45, 2.75) is 11.7 Å². The molecule has 19 heavy (non-hydrogen) atoms. The van der Waals surface area contributed by atoms with Gasteiger partial charge in [-0.2, -0.15) is 11.8 Å². The van der Waals surface area contributed by atoms with Crippen LogP contribution in [0.2, 0.25) is 0 Å². The van der Waals surface area contributed by atoms with E-state index >= 15 is 0 Å². The Bertz CT molecular complexity index is 542. The Balaban J connectivity index is 2.01. The maximum absolute atomic E-state index is 12.2. The number of amides is 1. The number of hydrogen-bond acceptors (Lipinski definition) is 5. The van der Waals surface area contributed by atoms with E-state index in [1.807, 2.05) is 36.6 Å². The molecule has 1 aromatic heterocycles. The van der Waals surface area contributed by atoms with Crippen LogP contribution < -0.4 is 5.32 Å². The molecule has 1 atom stereocenters. The second-order valence-corrected chi connectivity index (χ2v) is 5.04. The number of nitrogens with one attached hydrogen (secondary N) is 1. The molecule has 1 unspecified atom stereocenters. The quantitative estimate of drug-likeness (QED) is 0.886. The van der Waals surface area contributed by atoms with E-state index in [9.17, 15) is 4.79 Å². The lowest BCUT2D eigenvalue weighted by Crippen LogP contribution is -2.28. The van der Waals surface area contributed by atoms with Gasteiger partial charge in [0.25, 0.3) is 0 Å². The number of anilines is 1. The normalized spacial score (nSPS) is 12.1. The average molecular weight is 277 g/mol. The molecule has 0 aliphatic heterocycles. The van der Waals surface area contributed by atoms with Gasteiger partial charge >= 0.3 is 0 Å². The molecule has 2 aromatic rings. The molecule has 1 heterocycles. The monoisotopic (exact) mass is 277 g/mol. The summed E-state index contributed by atoms with van der Waals surface area (Å²) in [6, 6.07) is 9.40. The molecule has 2 rings (SSSR count). The number of carbonyl (C=O) groups is 1. The summed E-state index contributed by atoms with van der Waals surface area (Å²) < 4.78 is 1.58. The van der Waals surface area contributed by atoms with Gasteiger partial charge in [-0.1, -0.05) is 18.2 Å². The number of hydrogen-bond donors (Lipinski definition) is 1. The summed E-state index contributed by atoms with van der Waals surface area (Å²) >= 11 is 1.48. The van der Waals surface area contributed by atoms with Crippen molar-refractivity contribution in [3.8, 4) is 0 Å². The zero-order valence-corrected chi connectivity index (χ0v) is 11.6. The van der Waals surface area contributed by atoms with Crippen LogP contribution in [0.1, 0.15) is 5.82 Å². The molecule has 6 nitrogen and oxygen atoms in total. The highest BCUT2D eigenvalue weighted by molar-refractivity contribution is 7.99. The van der Waals surface area contributed by atoms with Crippen LogP contribution in [0, 0.1) is 0 Å². The number of nitrogens with zero attached hydrogens (tertiary/aromatic N) is 4. The van der Waals surface area contributed by atoms with E-state index in [1.165, 1.54) is 11.8 Å². The lowest BCUT2D eigenvalue weighted by Gasteiger charge is -2.13. The first-order chi connectivity index (χ1) is 9.20. The third kappa shape index (κ3) is 3.54. The first-order valence-corrected chi connectivity index (χ1v) is 7.09. The molecule has 0 aliphatic rings. The fourth-order valence-corrected chi connectivity index (χ4v) is 2.20. The molecule has 7 heteroatoms. The number of thioether (sulfide) groups is 1. The van der Waals surface area contributed by atoms with E-state index in [0.717, 1.165) is 5.69 Å². The molecule has 0 bridgehead atoms. The Hall–Kier alpha value is -1.89. The summed E-state index contributed by atoms with van der Waals surface area (Å²) in [6.07, 6.45) is 2.41. The summed E-state index contributed by atoms with van der Waals surface area (Å²) in [7, 11) is 1.77. The SMILES string of the molecule is CSC(Cc1nnnn1C)C(=O)Nc1ccccc1. The molecule has 1 aromatic carbocycles. The molecule has 0 spiro atoms. The summed E-state index contributed by atoms with van der Waals surface area (Å²) in [5.41, 5.74) is 0.794. The predicted molar refractivity (Wildman–Crippen MR) is 74.9 cm³/mol. The Kier molecular flexibility index (Phi) is 4.51. The summed E-state index contributed by atoms with van der Waals surface area (Å²) in [5, 5.41) is 13.9. The highest BCUT2D eigenvalue weighted by atomic mass is 32.2. The van der Waals surface area contributed by atoms with Gasteiger partial charge in [-0.3, -0.25) is 4.79 Å². The van der Waals surface area contributed by atoms with Gasteiger partial charge in [-0.05, 0) is 28.8 Å². The standard InChI is InChI=1S/C12H15N5OS/c1-17-11(14-15-16-17)8-10(19-2)12(18)13-9-6-4-3-5-7-9/h3-7,10H,8H2,1-2H3,(H,13,18). The van der Waals surface area contributed by atoms with Crippen LogP contribution in [-0.4, -0.2) is 37.6 Å². The molecule has 0 aliphatic carbocycles. The van der Waals surface area contributed by atoms with Crippen LogP contribution in [-0.2, 0) is 18.3 Å². The number of para-hydroxylation sites is 1. The number of aryl methyl sites for hydroxylation is 1. The minimum absolute atomic E-state index is 0.0401. The van der Waals surface area contributed by atoms with Crippen molar-refractivity contribution in [2.24, 2.45) is 7.05 Å². The van der Waals surface area contributed by atoms with Gasteiger partial charge < -0.3 is 5.32 Å². The molecule has 100 valence electrons. The van der Waals surface area contributed by atoms with E-state index in [0.29, 0.717) is 12.2 Å². The highest BCUT2D eigenvalue weighted by Crippen LogP contribution is 2.15. The minimum atomic E-state index is -0.218. The van der Waals surface area contributed by atoms with Crippen molar-refractivity contribution in [1.82, 2.24) is 20.2 Å². The number of rotatable bonds is 5. The van der Waals surface area contributed by atoms with Gasteiger partial charge in [0.15, 0.2) is 5.82 Å². The van der Waals surface area contributed by atoms with Crippen molar-refractivity contribution in [3.63, 3.8) is 0 Å². The number of benzene rings is 1. The van der Waals surface area contributed by atoms with E-state index in [1.54, 1.807) is 11.7 Å². The van der Waals surface area contributed by atoms with Gasteiger partial charge in [0.2, 0.25) is 5.91 Å². The van der Waals surface area contributed by atoms with Crippen molar-refractivity contribution in [3.05, 3.63) is 36.2 Å². The maximum Gasteiger partial charge on any atom is 0.237 e. The largest absolute Gasteiger partial charge is 0.325 e. The topological polar surface area (TPSA) is 72.7 Å². The number of carbonyl (C=O) groups excluding carboxylic acids is 1. The first-order valence-electron chi connectivity index (χ1n) is 5.80.